The minimum absolute atomic E-state index is 0.0158. The average molecular weight is 779 g/mol. The second-order valence-corrected chi connectivity index (χ2v) is 25.9. The third-order valence-electron chi connectivity index (χ3n) is 9.64. The molecule has 5 rings (SSSR count). The van der Waals surface area contributed by atoms with Gasteiger partial charge in [-0.25, -0.2) is 0 Å². The summed E-state index contributed by atoms with van der Waals surface area (Å²) in [6, 6.07) is 11.8. The van der Waals surface area contributed by atoms with Crippen molar-refractivity contribution < 1.29 is 52.1 Å². The number of hydrogen-bond donors (Lipinski definition) is 1. The van der Waals surface area contributed by atoms with E-state index in [4.69, 9.17) is 14.2 Å². The van der Waals surface area contributed by atoms with Crippen LogP contribution in [-0.4, -0.2) is 100 Å². The maximum absolute atomic E-state index is 14.3. The number of carbonyl (C=O) groups excluding carboxylic acids is 2. The van der Waals surface area contributed by atoms with Gasteiger partial charge in [-0.2, -0.15) is 0 Å². The molecule has 0 unspecified atom stereocenters. The maximum atomic E-state index is 14.3. The Balaban J connectivity index is 1.41. The summed E-state index contributed by atoms with van der Waals surface area (Å²) >= 11 is -1.80. The van der Waals surface area contributed by atoms with Crippen LogP contribution in [0.15, 0.2) is 36.4 Å². The van der Waals surface area contributed by atoms with Crippen LogP contribution >= 0.6 is 0 Å². The molecule has 3 aliphatic rings. The molecule has 0 saturated carbocycles. The fraction of sp³-hybridized carbons (Fsp3) is 0.595. The van der Waals surface area contributed by atoms with E-state index in [1.54, 1.807) is 7.11 Å². The molecule has 3 atom stereocenters. The van der Waals surface area contributed by atoms with Gasteiger partial charge in [0.15, 0.2) is 11.5 Å². The monoisotopic (exact) mass is 778 g/mol. The number of aliphatic carboxylic acids is 1. The molecule has 2 fully saturated rings. The van der Waals surface area contributed by atoms with Crippen molar-refractivity contribution >= 4 is 23.5 Å². The number of alkyl halides is 4. The van der Waals surface area contributed by atoms with Gasteiger partial charge in [-0.3, -0.25) is 4.79 Å². The van der Waals surface area contributed by atoms with Crippen molar-refractivity contribution in [1.82, 2.24) is 9.80 Å². The van der Waals surface area contributed by atoms with Crippen LogP contribution in [-0.2, 0) is 18.8 Å². The van der Waals surface area contributed by atoms with E-state index in [2.05, 4.69) is 44.8 Å². The van der Waals surface area contributed by atoms with E-state index in [0.717, 1.165) is 54.3 Å². The molecule has 0 aliphatic carbocycles. The summed E-state index contributed by atoms with van der Waals surface area (Å²) in [5, 5.41) is 10.7. The van der Waals surface area contributed by atoms with Gasteiger partial charge in [0.1, 0.15) is 0 Å². The van der Waals surface area contributed by atoms with Crippen LogP contribution in [0.25, 0.3) is 0 Å². The number of amides is 2. The van der Waals surface area contributed by atoms with Crippen molar-refractivity contribution in [2.45, 2.75) is 68.3 Å². The molecule has 0 aromatic heterocycles. The van der Waals surface area contributed by atoms with E-state index in [1.807, 2.05) is 28.0 Å². The normalized spacial score (nSPS) is 21.1. The van der Waals surface area contributed by atoms with Gasteiger partial charge in [-0.1, -0.05) is 0 Å². The van der Waals surface area contributed by atoms with Crippen LogP contribution in [0.4, 0.5) is 5.69 Å². The summed E-state index contributed by atoms with van der Waals surface area (Å²) in [4.78, 5) is 52.7. The minimum atomic E-state index is -1.80. The molecular weight excluding hydrogens is 725 g/mol. The van der Waals surface area contributed by atoms with Gasteiger partial charge in [-0.05, 0) is 6.42 Å². The molecule has 3 heterocycles. The molecule has 0 radical (unpaired) electrons. The topological polar surface area (TPSA) is 109 Å². The Morgan fingerprint density at radius 2 is 1.92 bits per heavy atom. The van der Waals surface area contributed by atoms with Crippen molar-refractivity contribution in [3.8, 4) is 17.2 Å². The fourth-order valence-corrected chi connectivity index (χ4v) is 10.5. The molecule has 266 valence electrons. The predicted molar refractivity (Wildman–Crippen MR) is 183 cm³/mol. The Morgan fingerprint density at radius 1 is 1.10 bits per heavy atom. The number of halogens is 1. The van der Waals surface area contributed by atoms with E-state index >= 15 is 0 Å². The quantitative estimate of drug-likeness (QED) is 0.157. The number of ether oxygens (including phenoxy) is 3. The van der Waals surface area contributed by atoms with Crippen LogP contribution in [0.3, 0.4) is 0 Å². The van der Waals surface area contributed by atoms with Crippen LogP contribution in [0.1, 0.15) is 68.9 Å². The summed E-state index contributed by atoms with van der Waals surface area (Å²) in [6.45, 7) is 4.84. The fourth-order valence-electron chi connectivity index (χ4n) is 7.39. The van der Waals surface area contributed by atoms with Crippen molar-refractivity contribution in [2.24, 2.45) is 5.92 Å². The van der Waals surface area contributed by atoms with Gasteiger partial charge in [0.25, 0.3) is 0 Å². The summed E-state index contributed by atoms with van der Waals surface area (Å²) in [5.41, 5.74) is 2.98. The molecule has 0 spiro atoms. The summed E-state index contributed by atoms with van der Waals surface area (Å²) in [5.74, 6) is -0.237. The molecule has 2 aromatic rings. The molecule has 2 saturated heterocycles. The zero-order valence-electron chi connectivity index (χ0n) is 29.2. The van der Waals surface area contributed by atoms with Crippen molar-refractivity contribution in [3.05, 3.63) is 47.5 Å². The van der Waals surface area contributed by atoms with Gasteiger partial charge < -0.3 is 19.1 Å². The second-order valence-electron chi connectivity index (χ2n) is 14.0. The first-order valence-electron chi connectivity index (χ1n) is 17.1. The van der Waals surface area contributed by atoms with Crippen LogP contribution < -0.4 is 37.5 Å². The van der Waals surface area contributed by atoms with Crippen molar-refractivity contribution in [2.75, 3.05) is 66.3 Å². The van der Waals surface area contributed by atoms with E-state index in [0.29, 0.717) is 49.7 Å². The molecule has 2 amide bonds. The first kappa shape index (κ1) is 36.2. The summed E-state index contributed by atoms with van der Waals surface area (Å²) in [7, 11) is 1.56. The summed E-state index contributed by atoms with van der Waals surface area (Å²) < 4.78 is 18.0. The standard InChI is InChI=1S/C37H53IN3O7/c1-6-7-18-41(28-13-10-12-26(19-28)22-38(2,3)4)34(43)24-40-23-29(27-20-31(46-5)36-32(21-27)47-25-48-36)35(37(44)45)30(40)14-8-9-16-39-17-11-15-33(39)42/h10,12-13,19-21,29-30,35H,6-9,11,14-18,22-25H2,1-5H3,(H,44,45)/q-1/t29-,30+,35-/m1/s1. The molecule has 11 heteroatoms. The Kier molecular flexibility index (Phi) is 12.2. The molecule has 10 nitrogen and oxygen atoms in total. The van der Waals surface area contributed by atoms with E-state index in [-0.39, 0.29) is 37.1 Å². The van der Waals surface area contributed by atoms with Crippen LogP contribution in [0.2, 0.25) is 0 Å². The van der Waals surface area contributed by atoms with Crippen LogP contribution in [0.5, 0.6) is 17.2 Å². The molecular formula is C37H53IN3O7-. The zero-order valence-corrected chi connectivity index (χ0v) is 31.4. The molecule has 0 bridgehead atoms. The SMILES string of the molecule is CCCCN(C(=O)CN1C[C@H](c2cc(OC)c3c(c2)OCO3)[C@@H](C(=O)O)[C@@H]1CCCCN1CCCC1=O)c1cccc(C[I-](C)(C)C)c1. The number of methoxy groups -OCH3 is 1. The van der Waals surface area contributed by atoms with Crippen molar-refractivity contribution in [1.29, 1.82) is 0 Å². The number of rotatable bonds is 16. The first-order chi connectivity index (χ1) is 23.0. The molecule has 2 aromatic carbocycles. The van der Waals surface area contributed by atoms with Crippen molar-refractivity contribution in [3.63, 3.8) is 0 Å². The number of hydrogen-bond acceptors (Lipinski definition) is 7. The number of carboxylic acids is 1. The number of unbranched alkanes of at least 4 members (excludes halogenated alkanes) is 2. The van der Waals surface area contributed by atoms with Gasteiger partial charge in [0, 0.05) is 19.5 Å². The van der Waals surface area contributed by atoms with Gasteiger partial charge in [0.2, 0.25) is 18.4 Å². The number of fused-ring (bicyclic) bond motifs is 1. The third kappa shape index (κ3) is 8.74. The molecule has 1 N–H and O–H groups in total. The second kappa shape index (κ2) is 16.1. The average Bonchev–Trinajstić information content (AvgIpc) is 3.77. The zero-order chi connectivity index (χ0) is 34.4. The number of anilines is 1. The van der Waals surface area contributed by atoms with Gasteiger partial charge >= 0.3 is 204 Å². The van der Waals surface area contributed by atoms with E-state index in [1.165, 1.54) is 5.56 Å². The first-order valence-corrected chi connectivity index (χ1v) is 25.1. The number of carboxylic acid groups (broad SMARTS) is 1. The number of likely N-dealkylation sites (tertiary alicyclic amines) is 2. The van der Waals surface area contributed by atoms with E-state index in [9.17, 15) is 19.5 Å². The Labute approximate surface area is 289 Å². The number of carbonyl (C=O) groups is 3. The van der Waals surface area contributed by atoms with Crippen LogP contribution in [0, 0.1) is 5.92 Å². The third-order valence-corrected chi connectivity index (χ3v) is 12.8. The number of nitrogens with zero attached hydrogens (tertiary/aromatic N) is 3. The van der Waals surface area contributed by atoms with Gasteiger partial charge in [0.05, 0.1) is 7.11 Å². The molecule has 48 heavy (non-hydrogen) atoms. The van der Waals surface area contributed by atoms with E-state index < -0.39 is 30.3 Å². The Morgan fingerprint density at radius 3 is 2.60 bits per heavy atom. The Hall–Kier alpha value is -3.06. The summed E-state index contributed by atoms with van der Waals surface area (Å²) in [6.07, 6.45) is 5.52. The van der Waals surface area contributed by atoms with Gasteiger partial charge in [-0.15, -0.1) is 0 Å². The number of benzene rings is 2. The molecule has 3 aliphatic heterocycles. The predicted octanol–water partition coefficient (Wildman–Crippen LogP) is 2.07. The Bertz CT molecular complexity index is 1460.